The minimum atomic E-state index is -3.91. The molecule has 1 aromatic carbocycles. The van der Waals surface area contributed by atoms with Crippen LogP contribution in [0.5, 0.6) is 11.5 Å². The Labute approximate surface area is 146 Å². The molecule has 0 radical (unpaired) electrons. The fourth-order valence-electron chi connectivity index (χ4n) is 1.86. The fourth-order valence-corrected chi connectivity index (χ4v) is 3.36. The molecule has 0 saturated carbocycles. The van der Waals surface area contributed by atoms with Crippen LogP contribution in [-0.2, 0) is 14.1 Å². The van der Waals surface area contributed by atoms with Gasteiger partial charge in [-0.2, -0.15) is 5.09 Å². The van der Waals surface area contributed by atoms with Crippen LogP contribution in [0.4, 0.5) is 0 Å². The summed E-state index contributed by atoms with van der Waals surface area (Å²) in [5, 5.41) is 2.60. The van der Waals surface area contributed by atoms with Crippen LogP contribution in [0.25, 0.3) is 0 Å². The van der Waals surface area contributed by atoms with Crippen LogP contribution >= 0.6 is 7.75 Å². The number of para-hydroxylation sites is 1. The van der Waals surface area contributed by atoms with Gasteiger partial charge in [0.15, 0.2) is 0 Å². The molecule has 0 aliphatic rings. The van der Waals surface area contributed by atoms with Crippen molar-refractivity contribution in [3.8, 4) is 11.5 Å². The number of carbonyl (C=O) groups excluding carboxylic acids is 1. The lowest BCUT2D eigenvalue weighted by atomic mass is 10.3. The first-order valence-corrected chi connectivity index (χ1v) is 9.35. The van der Waals surface area contributed by atoms with Gasteiger partial charge >= 0.3 is 13.7 Å². The van der Waals surface area contributed by atoms with Gasteiger partial charge in [-0.1, -0.05) is 18.2 Å². The molecule has 0 bridgehead atoms. The van der Waals surface area contributed by atoms with E-state index in [1.807, 2.05) is 0 Å². The highest BCUT2D eigenvalue weighted by Crippen LogP contribution is 2.45. The van der Waals surface area contributed by atoms with Crippen LogP contribution in [0, 0.1) is 0 Å². The fraction of sp³-hybridized carbons (Fsp3) is 0.294. The second-order valence-corrected chi connectivity index (χ2v) is 7.14. The molecule has 0 amide bonds. The molecule has 8 heteroatoms. The summed E-state index contributed by atoms with van der Waals surface area (Å²) in [6, 6.07) is 10.9. The number of carbonyl (C=O) groups is 1. The molecule has 7 nitrogen and oxygen atoms in total. The normalized spacial score (nSPS) is 14.4. The van der Waals surface area contributed by atoms with Gasteiger partial charge in [-0.3, -0.25) is 9.78 Å². The van der Waals surface area contributed by atoms with Gasteiger partial charge < -0.3 is 13.8 Å². The van der Waals surface area contributed by atoms with E-state index in [4.69, 9.17) is 13.8 Å². The van der Waals surface area contributed by atoms with Crippen LogP contribution in [0.15, 0.2) is 54.9 Å². The van der Waals surface area contributed by atoms with E-state index in [-0.39, 0.29) is 11.9 Å². The number of esters is 1. The summed E-state index contributed by atoms with van der Waals surface area (Å²) in [7, 11) is -3.91. The summed E-state index contributed by atoms with van der Waals surface area (Å²) in [5.74, 6) is 0.0343. The summed E-state index contributed by atoms with van der Waals surface area (Å²) in [4.78, 5) is 15.9. The van der Waals surface area contributed by atoms with Crippen molar-refractivity contribution in [2.75, 3.05) is 0 Å². The third-order valence-corrected chi connectivity index (χ3v) is 4.49. The molecule has 0 fully saturated rings. The number of nitrogens with one attached hydrogen (secondary N) is 1. The number of ether oxygens (including phenoxy) is 1. The molecule has 2 aromatic rings. The zero-order chi connectivity index (χ0) is 18.3. The largest absolute Gasteiger partial charge is 0.513 e. The maximum atomic E-state index is 13.2. The van der Waals surface area contributed by atoms with E-state index in [1.54, 1.807) is 62.5 Å². The van der Waals surface area contributed by atoms with E-state index in [0.29, 0.717) is 5.75 Å². The summed E-state index contributed by atoms with van der Waals surface area (Å²) >= 11 is 0. The Morgan fingerprint density at radius 2 is 1.68 bits per heavy atom. The molecule has 25 heavy (non-hydrogen) atoms. The highest BCUT2D eigenvalue weighted by Gasteiger charge is 2.34. The zero-order valence-corrected chi connectivity index (χ0v) is 15.2. The van der Waals surface area contributed by atoms with E-state index in [2.05, 4.69) is 10.1 Å². The highest BCUT2D eigenvalue weighted by atomic mass is 31.2. The van der Waals surface area contributed by atoms with Crippen molar-refractivity contribution in [2.24, 2.45) is 0 Å². The first kappa shape index (κ1) is 19.0. The van der Waals surface area contributed by atoms with Gasteiger partial charge in [0, 0.05) is 6.20 Å². The van der Waals surface area contributed by atoms with Crippen LogP contribution in [0.3, 0.4) is 0 Å². The quantitative estimate of drug-likeness (QED) is 0.566. The lowest BCUT2D eigenvalue weighted by Gasteiger charge is -2.23. The number of nitrogens with zero attached hydrogens (tertiary/aromatic N) is 1. The van der Waals surface area contributed by atoms with E-state index in [0.717, 1.165) is 0 Å². The van der Waals surface area contributed by atoms with Crippen LogP contribution in [0.2, 0.25) is 0 Å². The standard InChI is InChI=1S/C17H21N2O5P/c1-13(2)22-17(20)14(3)19-25(21,23-15-8-5-4-6-9-15)24-16-10-7-11-18-12-16/h4-14H,1-3H3,(H,19,21)/t14-,25-/m0/s1. The number of pyridine rings is 1. The molecular formula is C17H21N2O5P. The average Bonchev–Trinajstić information content (AvgIpc) is 2.55. The predicted molar refractivity (Wildman–Crippen MR) is 93.4 cm³/mol. The first-order valence-electron chi connectivity index (χ1n) is 7.80. The molecule has 0 unspecified atom stereocenters. The van der Waals surface area contributed by atoms with Gasteiger partial charge in [-0.05, 0) is 45.0 Å². The minimum Gasteiger partial charge on any atom is -0.462 e. The molecule has 1 aromatic heterocycles. The monoisotopic (exact) mass is 364 g/mol. The number of rotatable bonds is 8. The van der Waals surface area contributed by atoms with Crippen LogP contribution in [-0.4, -0.2) is 23.1 Å². The number of hydrogen-bond acceptors (Lipinski definition) is 6. The molecule has 2 atom stereocenters. The first-order chi connectivity index (χ1) is 11.9. The highest BCUT2D eigenvalue weighted by molar-refractivity contribution is 7.52. The molecule has 0 spiro atoms. The van der Waals surface area contributed by atoms with E-state index in [9.17, 15) is 9.36 Å². The van der Waals surface area contributed by atoms with Crippen molar-refractivity contribution in [1.29, 1.82) is 0 Å². The van der Waals surface area contributed by atoms with Crippen molar-refractivity contribution < 1.29 is 23.1 Å². The Balaban J connectivity index is 2.19. The van der Waals surface area contributed by atoms with Gasteiger partial charge in [-0.15, -0.1) is 0 Å². The smallest absolute Gasteiger partial charge is 0.462 e. The molecule has 1 heterocycles. The second kappa shape index (κ2) is 8.65. The average molecular weight is 364 g/mol. The topological polar surface area (TPSA) is 86.8 Å². The Morgan fingerprint density at radius 3 is 2.28 bits per heavy atom. The number of aromatic nitrogens is 1. The SMILES string of the molecule is CC(C)OC(=O)[C@H](C)N[P@](=O)(Oc1ccccc1)Oc1cccnc1. The van der Waals surface area contributed by atoms with Crippen molar-refractivity contribution in [2.45, 2.75) is 32.9 Å². The molecule has 0 aliphatic heterocycles. The summed E-state index contributed by atoms with van der Waals surface area (Å²) in [5.41, 5.74) is 0. The van der Waals surface area contributed by atoms with Crippen molar-refractivity contribution in [3.05, 3.63) is 54.9 Å². The summed E-state index contributed by atoms with van der Waals surface area (Å²) in [6.45, 7) is 4.99. The molecule has 0 saturated heterocycles. The Kier molecular flexibility index (Phi) is 6.56. The zero-order valence-electron chi connectivity index (χ0n) is 14.3. The van der Waals surface area contributed by atoms with Crippen LogP contribution < -0.4 is 14.1 Å². The van der Waals surface area contributed by atoms with E-state index in [1.165, 1.54) is 13.1 Å². The second-order valence-electron chi connectivity index (χ2n) is 5.52. The van der Waals surface area contributed by atoms with Crippen molar-refractivity contribution in [3.63, 3.8) is 0 Å². The maximum Gasteiger partial charge on any atom is 0.513 e. The van der Waals surface area contributed by atoms with E-state index >= 15 is 0 Å². The third-order valence-electron chi connectivity index (χ3n) is 2.89. The van der Waals surface area contributed by atoms with Gasteiger partial charge in [0.1, 0.15) is 17.5 Å². The van der Waals surface area contributed by atoms with Crippen molar-refractivity contribution >= 4 is 13.7 Å². The summed E-state index contributed by atoms with van der Waals surface area (Å²) in [6.07, 6.45) is 2.68. The van der Waals surface area contributed by atoms with Crippen LogP contribution in [0.1, 0.15) is 20.8 Å². The lowest BCUT2D eigenvalue weighted by Crippen LogP contribution is -2.36. The Morgan fingerprint density at radius 1 is 1.04 bits per heavy atom. The van der Waals surface area contributed by atoms with Gasteiger partial charge in [0.25, 0.3) is 0 Å². The molecule has 2 rings (SSSR count). The Hall–Kier alpha value is -2.37. The number of hydrogen-bond donors (Lipinski definition) is 1. The van der Waals surface area contributed by atoms with E-state index < -0.39 is 19.8 Å². The van der Waals surface area contributed by atoms with Gasteiger partial charge in [0.2, 0.25) is 0 Å². The molecule has 1 N–H and O–H groups in total. The number of benzene rings is 1. The molecule has 134 valence electrons. The van der Waals surface area contributed by atoms with Gasteiger partial charge in [0.05, 0.1) is 12.3 Å². The lowest BCUT2D eigenvalue weighted by molar-refractivity contribution is -0.149. The van der Waals surface area contributed by atoms with Crippen molar-refractivity contribution in [1.82, 2.24) is 10.1 Å². The maximum absolute atomic E-state index is 13.2. The molecular weight excluding hydrogens is 343 g/mol. The predicted octanol–water partition coefficient (Wildman–Crippen LogP) is 3.58. The van der Waals surface area contributed by atoms with Gasteiger partial charge in [-0.25, -0.2) is 4.57 Å². The summed E-state index contributed by atoms with van der Waals surface area (Å²) < 4.78 is 29.3. The third kappa shape index (κ3) is 6.21. The minimum absolute atomic E-state index is 0.249. The molecule has 0 aliphatic carbocycles. The Bertz CT molecular complexity index is 679.